The number of nitrogen functional groups attached to an aromatic ring is 1. The molecule has 0 saturated carbocycles. The molecule has 23 heavy (non-hydrogen) atoms. The maximum Gasteiger partial charge on any atom is 0.337 e. The van der Waals surface area contributed by atoms with Crippen molar-refractivity contribution in [1.29, 1.82) is 5.26 Å². The molecule has 0 amide bonds. The Bertz CT molecular complexity index is 861. The van der Waals surface area contributed by atoms with Crippen molar-refractivity contribution in [2.45, 2.75) is 12.8 Å². The van der Waals surface area contributed by atoms with E-state index in [9.17, 15) is 10.1 Å². The molecule has 1 atom stereocenters. The van der Waals surface area contributed by atoms with Crippen LogP contribution < -0.4 is 11.1 Å². The van der Waals surface area contributed by atoms with E-state index in [2.05, 4.69) is 11.4 Å². The van der Waals surface area contributed by atoms with Gasteiger partial charge >= 0.3 is 5.97 Å². The summed E-state index contributed by atoms with van der Waals surface area (Å²) in [4.78, 5) is 12.3. The number of hydrogen-bond acceptors (Lipinski definition) is 6. The van der Waals surface area contributed by atoms with Gasteiger partial charge in [-0.3, -0.25) is 0 Å². The number of nitrogens with two attached hydrogens (primary N) is 1. The van der Waals surface area contributed by atoms with Crippen LogP contribution in [-0.2, 0) is 9.53 Å². The lowest BCUT2D eigenvalue weighted by Crippen LogP contribution is -2.24. The Morgan fingerprint density at radius 1 is 1.48 bits per heavy atom. The molecular weight excluding hydrogens is 310 g/mol. The number of hydrogen-bond donors (Lipinski definition) is 2. The third-order valence-electron chi connectivity index (χ3n) is 3.87. The molecule has 2 aromatic rings. The first-order valence-corrected chi connectivity index (χ1v) is 7.87. The van der Waals surface area contributed by atoms with Crippen LogP contribution in [0.15, 0.2) is 40.9 Å². The van der Waals surface area contributed by atoms with Crippen molar-refractivity contribution in [3.8, 4) is 6.07 Å². The highest BCUT2D eigenvalue weighted by Crippen LogP contribution is 2.46. The van der Waals surface area contributed by atoms with Gasteiger partial charge in [-0.1, -0.05) is 12.1 Å². The Labute approximate surface area is 138 Å². The van der Waals surface area contributed by atoms with Crippen LogP contribution in [0.5, 0.6) is 0 Å². The molecule has 6 heteroatoms. The molecule has 1 aromatic carbocycles. The number of aryl methyl sites for hydroxylation is 1. The van der Waals surface area contributed by atoms with Crippen molar-refractivity contribution in [3.63, 3.8) is 0 Å². The Balaban J connectivity index is 2.29. The van der Waals surface area contributed by atoms with E-state index in [1.807, 2.05) is 30.5 Å². The molecule has 116 valence electrons. The minimum atomic E-state index is -0.516. The molecular formula is C17H15N3O2S. The third-order valence-corrected chi connectivity index (χ3v) is 4.90. The minimum Gasteiger partial charge on any atom is -0.466 e. The summed E-state index contributed by atoms with van der Waals surface area (Å²) in [7, 11) is 1.32. The van der Waals surface area contributed by atoms with Crippen molar-refractivity contribution in [1.82, 2.24) is 0 Å². The first kappa shape index (κ1) is 15.1. The Hall–Kier alpha value is -2.78. The number of methoxy groups -OCH3 is 1. The molecule has 3 rings (SSSR count). The van der Waals surface area contributed by atoms with Crippen LogP contribution >= 0.6 is 11.3 Å². The van der Waals surface area contributed by atoms with Gasteiger partial charge in [-0.05, 0) is 35.6 Å². The number of nitrogens with zero attached hydrogens (tertiary/aromatic N) is 1. The minimum absolute atomic E-state index is 0.221. The van der Waals surface area contributed by atoms with Crippen LogP contribution in [0, 0.1) is 18.3 Å². The van der Waals surface area contributed by atoms with Crippen LogP contribution in [0.3, 0.4) is 0 Å². The number of rotatable bonds is 2. The molecule has 0 spiro atoms. The highest BCUT2D eigenvalue weighted by atomic mass is 32.1. The van der Waals surface area contributed by atoms with E-state index >= 15 is 0 Å². The second-order valence-electron chi connectivity index (χ2n) is 5.28. The first-order valence-electron chi connectivity index (χ1n) is 6.99. The first-order chi connectivity index (χ1) is 11.1. The van der Waals surface area contributed by atoms with E-state index in [0.717, 1.165) is 21.7 Å². The molecule has 1 aliphatic rings. The van der Waals surface area contributed by atoms with Gasteiger partial charge in [0.2, 0.25) is 0 Å². The number of anilines is 2. The maximum absolute atomic E-state index is 12.3. The fraction of sp³-hybridized carbons (Fsp3) is 0.176. The van der Waals surface area contributed by atoms with Gasteiger partial charge in [-0.15, -0.1) is 11.3 Å². The molecule has 2 heterocycles. The fourth-order valence-corrected chi connectivity index (χ4v) is 3.86. The summed E-state index contributed by atoms with van der Waals surface area (Å²) in [6, 6.07) is 9.45. The van der Waals surface area contributed by atoms with E-state index in [1.165, 1.54) is 18.4 Å². The lowest BCUT2D eigenvalue weighted by Gasteiger charge is -2.27. The van der Waals surface area contributed by atoms with Crippen molar-refractivity contribution in [3.05, 3.63) is 57.6 Å². The molecule has 0 aliphatic carbocycles. The lowest BCUT2D eigenvalue weighted by atomic mass is 9.81. The van der Waals surface area contributed by atoms with Crippen LogP contribution in [0.2, 0.25) is 0 Å². The third kappa shape index (κ3) is 2.45. The predicted octanol–water partition coefficient (Wildman–Crippen LogP) is 3.15. The number of esters is 1. The number of nitriles is 1. The van der Waals surface area contributed by atoms with E-state index in [4.69, 9.17) is 10.5 Å². The molecule has 1 aliphatic heterocycles. The Morgan fingerprint density at radius 2 is 2.26 bits per heavy atom. The van der Waals surface area contributed by atoms with Crippen molar-refractivity contribution < 1.29 is 9.53 Å². The highest BCUT2D eigenvalue weighted by Gasteiger charge is 2.36. The van der Waals surface area contributed by atoms with Gasteiger partial charge in [-0.25, -0.2) is 4.79 Å². The number of ether oxygens (including phenoxy) is 1. The number of allylic oxidation sites excluding steroid dienone is 1. The van der Waals surface area contributed by atoms with Crippen molar-refractivity contribution in [2.75, 3.05) is 18.2 Å². The number of carbonyl (C=O) groups is 1. The monoisotopic (exact) mass is 325 g/mol. The van der Waals surface area contributed by atoms with E-state index in [-0.39, 0.29) is 11.6 Å². The van der Waals surface area contributed by atoms with Gasteiger partial charge < -0.3 is 15.8 Å². The maximum atomic E-state index is 12.3. The van der Waals surface area contributed by atoms with E-state index in [0.29, 0.717) is 11.3 Å². The SMILES string of the molecule is COC(=O)C1=C(C#N)Nc2scc(C)c2C1c1cccc(N)c1. The molecule has 3 N–H and O–H groups in total. The molecule has 0 bridgehead atoms. The lowest BCUT2D eigenvalue weighted by molar-refractivity contribution is -0.136. The molecule has 0 fully saturated rings. The molecule has 1 unspecified atom stereocenters. The van der Waals surface area contributed by atoms with Gasteiger partial charge in [0, 0.05) is 17.2 Å². The summed E-state index contributed by atoms with van der Waals surface area (Å²) < 4.78 is 4.92. The Morgan fingerprint density at radius 3 is 2.91 bits per heavy atom. The van der Waals surface area contributed by atoms with Gasteiger partial charge in [-0.2, -0.15) is 5.26 Å². The molecule has 5 nitrogen and oxygen atoms in total. The largest absolute Gasteiger partial charge is 0.466 e. The van der Waals surface area contributed by atoms with Gasteiger partial charge in [0.05, 0.1) is 17.7 Å². The topological polar surface area (TPSA) is 88.1 Å². The average Bonchev–Trinajstić information content (AvgIpc) is 2.93. The van der Waals surface area contributed by atoms with Crippen LogP contribution in [-0.4, -0.2) is 13.1 Å². The number of thiophene rings is 1. The summed E-state index contributed by atoms with van der Waals surface area (Å²) in [5.74, 6) is -0.888. The van der Waals surface area contributed by atoms with Gasteiger partial charge in [0.15, 0.2) is 0 Å². The zero-order valence-electron chi connectivity index (χ0n) is 12.7. The standard InChI is InChI=1S/C17H15N3O2S/c1-9-8-23-16-13(9)14(10-4-3-5-11(19)6-10)15(17(21)22-2)12(7-18)20-16/h3-6,8,14,20H,19H2,1-2H3. The predicted molar refractivity (Wildman–Crippen MR) is 90.0 cm³/mol. The summed E-state index contributed by atoms with van der Waals surface area (Å²) >= 11 is 1.52. The van der Waals surface area contributed by atoms with Crippen LogP contribution in [0.4, 0.5) is 10.7 Å². The number of fused-ring (bicyclic) bond motifs is 1. The smallest absolute Gasteiger partial charge is 0.337 e. The Kier molecular flexibility index (Phi) is 3.80. The zero-order chi connectivity index (χ0) is 16.6. The van der Waals surface area contributed by atoms with Crippen LogP contribution in [0.25, 0.3) is 0 Å². The van der Waals surface area contributed by atoms with Gasteiger partial charge in [0.25, 0.3) is 0 Å². The number of benzene rings is 1. The van der Waals surface area contributed by atoms with E-state index < -0.39 is 5.97 Å². The molecule has 0 saturated heterocycles. The zero-order valence-corrected chi connectivity index (χ0v) is 13.5. The second kappa shape index (κ2) is 5.78. The highest BCUT2D eigenvalue weighted by molar-refractivity contribution is 7.14. The quantitative estimate of drug-likeness (QED) is 0.654. The second-order valence-corrected chi connectivity index (χ2v) is 6.16. The summed E-state index contributed by atoms with van der Waals surface area (Å²) in [5.41, 5.74) is 9.96. The normalized spacial score (nSPS) is 16.3. The summed E-state index contributed by atoms with van der Waals surface area (Å²) in [6.45, 7) is 1.99. The van der Waals surface area contributed by atoms with E-state index in [1.54, 1.807) is 6.07 Å². The summed E-state index contributed by atoms with van der Waals surface area (Å²) in [6.07, 6.45) is 0. The molecule has 1 aromatic heterocycles. The van der Waals surface area contributed by atoms with Gasteiger partial charge in [0.1, 0.15) is 11.8 Å². The van der Waals surface area contributed by atoms with Crippen LogP contribution in [0.1, 0.15) is 22.6 Å². The number of carbonyl (C=O) groups excluding carboxylic acids is 1. The number of nitrogens with one attached hydrogen (secondary N) is 1. The average molecular weight is 325 g/mol. The molecule has 0 radical (unpaired) electrons. The van der Waals surface area contributed by atoms with Crippen molar-refractivity contribution >= 4 is 28.0 Å². The summed E-state index contributed by atoms with van der Waals surface area (Å²) in [5, 5.41) is 15.4. The fourth-order valence-electron chi connectivity index (χ4n) is 2.87. The van der Waals surface area contributed by atoms with Crippen molar-refractivity contribution in [2.24, 2.45) is 0 Å².